The highest BCUT2D eigenvalue weighted by Crippen LogP contribution is 2.07. The molecule has 0 aliphatic rings. The van der Waals surface area contributed by atoms with Crippen LogP contribution in [0.15, 0.2) is 12.4 Å². The zero-order valence-corrected chi connectivity index (χ0v) is 12.6. The Labute approximate surface area is 120 Å². The van der Waals surface area contributed by atoms with Gasteiger partial charge in [0.1, 0.15) is 5.69 Å². The molecule has 20 heavy (non-hydrogen) atoms. The normalized spacial score (nSPS) is 10.9. The van der Waals surface area contributed by atoms with Crippen molar-refractivity contribution in [1.82, 2.24) is 19.8 Å². The molecule has 7 nitrogen and oxygen atoms in total. The Hall–Kier alpha value is -1.73. The van der Waals surface area contributed by atoms with Gasteiger partial charge in [0.2, 0.25) is 0 Å². The summed E-state index contributed by atoms with van der Waals surface area (Å²) in [6.45, 7) is 6.32. The summed E-state index contributed by atoms with van der Waals surface area (Å²) in [4.78, 5) is 24.5. The number of nitrogens with two attached hydrogens (primary N) is 1. The number of nitrogen functional groups attached to an aromatic ring is 1. The number of nitrogens with one attached hydrogen (secondary N) is 1. The van der Waals surface area contributed by atoms with E-state index in [1.165, 1.54) is 12.4 Å². The van der Waals surface area contributed by atoms with Gasteiger partial charge in [0, 0.05) is 19.6 Å². The zero-order valence-electron chi connectivity index (χ0n) is 12.6. The molecule has 7 heteroatoms. The van der Waals surface area contributed by atoms with Crippen LogP contribution in [-0.4, -0.2) is 59.4 Å². The molecule has 1 amide bonds. The van der Waals surface area contributed by atoms with Crippen LogP contribution in [-0.2, 0) is 0 Å². The fourth-order valence-electron chi connectivity index (χ4n) is 1.74. The molecule has 1 heterocycles. The molecule has 0 spiro atoms. The van der Waals surface area contributed by atoms with E-state index in [9.17, 15) is 4.79 Å². The Morgan fingerprint density at radius 3 is 2.60 bits per heavy atom. The number of anilines is 1. The summed E-state index contributed by atoms with van der Waals surface area (Å²) in [5.74, 6) is 5.95. The lowest BCUT2D eigenvalue weighted by atomic mass is 10.2. The average molecular weight is 280 g/mol. The number of carbonyl (C=O) groups is 1. The van der Waals surface area contributed by atoms with Crippen molar-refractivity contribution in [2.45, 2.75) is 13.8 Å². The van der Waals surface area contributed by atoms with E-state index in [1.54, 1.807) is 4.90 Å². The maximum atomic E-state index is 12.5. The second kappa shape index (κ2) is 7.76. The van der Waals surface area contributed by atoms with Gasteiger partial charge in [-0.15, -0.1) is 0 Å². The zero-order chi connectivity index (χ0) is 15.1. The maximum absolute atomic E-state index is 12.5. The van der Waals surface area contributed by atoms with Gasteiger partial charge in [-0.1, -0.05) is 13.8 Å². The van der Waals surface area contributed by atoms with Crippen molar-refractivity contribution >= 4 is 11.7 Å². The summed E-state index contributed by atoms with van der Waals surface area (Å²) >= 11 is 0. The number of hydrazine groups is 1. The van der Waals surface area contributed by atoms with Crippen LogP contribution in [0.5, 0.6) is 0 Å². The van der Waals surface area contributed by atoms with Gasteiger partial charge >= 0.3 is 0 Å². The minimum absolute atomic E-state index is 0.120. The number of hydrogen-bond acceptors (Lipinski definition) is 6. The number of hydrogen-bond donors (Lipinski definition) is 2. The molecule has 1 aromatic rings. The predicted molar refractivity (Wildman–Crippen MR) is 79.1 cm³/mol. The van der Waals surface area contributed by atoms with Crippen LogP contribution in [0.4, 0.5) is 5.82 Å². The molecule has 0 radical (unpaired) electrons. The third-order valence-corrected chi connectivity index (χ3v) is 2.69. The third kappa shape index (κ3) is 5.10. The minimum Gasteiger partial charge on any atom is -0.336 e. The number of rotatable bonds is 7. The summed E-state index contributed by atoms with van der Waals surface area (Å²) in [6, 6.07) is 0. The topological polar surface area (TPSA) is 87.4 Å². The van der Waals surface area contributed by atoms with E-state index >= 15 is 0 Å². The number of carbonyl (C=O) groups excluding carboxylic acids is 1. The van der Waals surface area contributed by atoms with Gasteiger partial charge < -0.3 is 15.2 Å². The molecule has 0 unspecified atom stereocenters. The first-order valence-electron chi connectivity index (χ1n) is 6.66. The van der Waals surface area contributed by atoms with Crippen molar-refractivity contribution in [3.8, 4) is 0 Å². The maximum Gasteiger partial charge on any atom is 0.274 e. The van der Waals surface area contributed by atoms with Gasteiger partial charge in [0.15, 0.2) is 5.82 Å². The van der Waals surface area contributed by atoms with Gasteiger partial charge in [-0.3, -0.25) is 9.78 Å². The van der Waals surface area contributed by atoms with Gasteiger partial charge in [0.05, 0.1) is 12.4 Å². The van der Waals surface area contributed by atoms with Crippen LogP contribution in [0.25, 0.3) is 0 Å². The van der Waals surface area contributed by atoms with E-state index in [0.717, 1.165) is 6.54 Å². The van der Waals surface area contributed by atoms with Crippen LogP contribution in [0, 0.1) is 5.92 Å². The molecule has 0 atom stereocenters. The lowest BCUT2D eigenvalue weighted by molar-refractivity contribution is 0.0718. The summed E-state index contributed by atoms with van der Waals surface area (Å²) < 4.78 is 0. The SMILES string of the molecule is CC(C)CN(CCN(C)C)C(=O)c1cncc(NN)n1. The molecule has 112 valence electrons. The lowest BCUT2D eigenvalue weighted by Crippen LogP contribution is -2.39. The first-order valence-corrected chi connectivity index (χ1v) is 6.66. The molecule has 3 N–H and O–H groups in total. The van der Waals surface area contributed by atoms with Crippen LogP contribution in [0.2, 0.25) is 0 Å². The Morgan fingerprint density at radius 2 is 2.05 bits per heavy atom. The molecular formula is C13H24N6O. The van der Waals surface area contributed by atoms with Gasteiger partial charge in [-0.2, -0.15) is 0 Å². The van der Waals surface area contributed by atoms with Gasteiger partial charge in [-0.25, -0.2) is 10.8 Å². The van der Waals surface area contributed by atoms with Gasteiger partial charge in [0.25, 0.3) is 5.91 Å². The molecule has 0 saturated carbocycles. The minimum atomic E-state index is -0.120. The molecule has 0 aromatic carbocycles. The molecule has 0 aliphatic heterocycles. The Bertz CT molecular complexity index is 435. The van der Waals surface area contributed by atoms with E-state index in [-0.39, 0.29) is 5.91 Å². The van der Waals surface area contributed by atoms with E-state index in [0.29, 0.717) is 30.5 Å². The number of amides is 1. The lowest BCUT2D eigenvalue weighted by Gasteiger charge is -2.25. The van der Waals surface area contributed by atoms with Crippen LogP contribution in [0.1, 0.15) is 24.3 Å². The van der Waals surface area contributed by atoms with Crippen LogP contribution >= 0.6 is 0 Å². The molecule has 0 fully saturated rings. The van der Waals surface area contributed by atoms with Crippen molar-refractivity contribution in [3.63, 3.8) is 0 Å². The summed E-state index contributed by atoms with van der Waals surface area (Å²) in [6.07, 6.45) is 2.94. The predicted octanol–water partition coefficient (Wildman–Crippen LogP) is 0.422. The largest absolute Gasteiger partial charge is 0.336 e. The monoisotopic (exact) mass is 280 g/mol. The highest BCUT2D eigenvalue weighted by Gasteiger charge is 2.18. The van der Waals surface area contributed by atoms with Crippen molar-refractivity contribution in [2.75, 3.05) is 39.2 Å². The highest BCUT2D eigenvalue weighted by atomic mass is 16.2. The molecule has 1 rings (SSSR count). The average Bonchev–Trinajstić information content (AvgIpc) is 2.42. The standard InChI is InChI=1S/C13H24N6O/c1-10(2)9-19(6-5-18(3)4)13(20)11-7-15-8-12(16-11)17-14/h7-8,10H,5-6,9,14H2,1-4H3,(H,16,17). The molecule has 0 saturated heterocycles. The van der Waals surface area contributed by atoms with Crippen molar-refractivity contribution in [1.29, 1.82) is 0 Å². The summed E-state index contributed by atoms with van der Waals surface area (Å²) in [7, 11) is 3.97. The van der Waals surface area contributed by atoms with Crippen LogP contribution < -0.4 is 11.3 Å². The first kappa shape index (κ1) is 16.3. The number of nitrogens with zero attached hydrogens (tertiary/aromatic N) is 4. The second-order valence-electron chi connectivity index (χ2n) is 5.38. The fourth-order valence-corrected chi connectivity index (χ4v) is 1.74. The smallest absolute Gasteiger partial charge is 0.274 e. The van der Waals surface area contributed by atoms with E-state index < -0.39 is 0 Å². The third-order valence-electron chi connectivity index (χ3n) is 2.69. The quantitative estimate of drug-likeness (QED) is 0.556. The highest BCUT2D eigenvalue weighted by molar-refractivity contribution is 5.92. The van der Waals surface area contributed by atoms with Crippen LogP contribution in [0.3, 0.4) is 0 Å². The Morgan fingerprint density at radius 1 is 1.35 bits per heavy atom. The first-order chi connectivity index (χ1) is 9.43. The van der Waals surface area contributed by atoms with Crippen molar-refractivity contribution in [2.24, 2.45) is 11.8 Å². The van der Waals surface area contributed by atoms with E-state index in [4.69, 9.17) is 5.84 Å². The Kier molecular flexibility index (Phi) is 6.33. The molecule has 0 bridgehead atoms. The van der Waals surface area contributed by atoms with Gasteiger partial charge in [-0.05, 0) is 20.0 Å². The molecule has 1 aromatic heterocycles. The number of likely N-dealkylation sites (N-methyl/N-ethyl adjacent to an activating group) is 1. The fraction of sp³-hybridized carbons (Fsp3) is 0.615. The van der Waals surface area contributed by atoms with Crippen molar-refractivity contribution < 1.29 is 4.79 Å². The number of aromatic nitrogens is 2. The van der Waals surface area contributed by atoms with Crippen molar-refractivity contribution in [3.05, 3.63) is 18.1 Å². The Balaban J connectivity index is 2.84. The summed E-state index contributed by atoms with van der Waals surface area (Å²) in [5.41, 5.74) is 2.71. The summed E-state index contributed by atoms with van der Waals surface area (Å²) in [5, 5.41) is 0. The van der Waals surface area contributed by atoms with E-state index in [1.807, 2.05) is 19.0 Å². The molecular weight excluding hydrogens is 256 g/mol. The molecule has 0 aliphatic carbocycles. The second-order valence-corrected chi connectivity index (χ2v) is 5.38. The van der Waals surface area contributed by atoms with E-state index in [2.05, 4.69) is 29.2 Å².